The van der Waals surface area contributed by atoms with Gasteiger partial charge in [0, 0.05) is 16.8 Å². The van der Waals surface area contributed by atoms with Crippen LogP contribution in [0, 0.1) is 11.8 Å². The number of anilines is 1. The number of nitrogens with two attached hydrogens (primary N) is 1. The number of benzene rings is 2. The first-order valence-electron chi connectivity index (χ1n) is 8.05. The average molecular weight is 306 g/mol. The van der Waals surface area contributed by atoms with Crippen LogP contribution in [-0.2, 0) is 5.60 Å². The molecular weight excluding hydrogens is 284 g/mol. The van der Waals surface area contributed by atoms with Crippen molar-refractivity contribution in [3.63, 3.8) is 0 Å². The summed E-state index contributed by atoms with van der Waals surface area (Å²) in [4.78, 5) is 2.31. The van der Waals surface area contributed by atoms with Crippen LogP contribution in [0.5, 0.6) is 0 Å². The Kier molecular flexibility index (Phi) is 4.66. The monoisotopic (exact) mass is 306 g/mol. The lowest BCUT2D eigenvalue weighted by atomic mass is 9.86. The number of para-hydroxylation sites is 1. The average Bonchev–Trinajstić information content (AvgIpc) is 3.09. The van der Waals surface area contributed by atoms with Crippen LogP contribution in [0.1, 0.15) is 24.0 Å². The molecule has 1 saturated heterocycles. The molecule has 3 rings (SSSR count). The van der Waals surface area contributed by atoms with Crippen LogP contribution in [0.2, 0.25) is 0 Å². The van der Waals surface area contributed by atoms with Gasteiger partial charge in [0.05, 0.1) is 6.54 Å². The van der Waals surface area contributed by atoms with E-state index in [1.165, 1.54) is 12.8 Å². The van der Waals surface area contributed by atoms with Gasteiger partial charge < -0.3 is 10.8 Å². The van der Waals surface area contributed by atoms with Crippen molar-refractivity contribution in [2.24, 2.45) is 0 Å². The Hall–Kier alpha value is -2.28. The van der Waals surface area contributed by atoms with Gasteiger partial charge in [0.1, 0.15) is 0 Å². The second kappa shape index (κ2) is 6.87. The fourth-order valence-electron chi connectivity index (χ4n) is 3.02. The van der Waals surface area contributed by atoms with Gasteiger partial charge in [-0.25, -0.2) is 0 Å². The van der Waals surface area contributed by atoms with Crippen LogP contribution >= 0.6 is 0 Å². The molecule has 3 heteroatoms. The third kappa shape index (κ3) is 3.39. The van der Waals surface area contributed by atoms with E-state index in [1.807, 2.05) is 48.5 Å². The van der Waals surface area contributed by atoms with E-state index in [-0.39, 0.29) is 0 Å². The highest BCUT2D eigenvalue weighted by atomic mass is 16.3. The first kappa shape index (κ1) is 15.6. The maximum absolute atomic E-state index is 11.3. The van der Waals surface area contributed by atoms with Crippen LogP contribution in [0.3, 0.4) is 0 Å². The molecule has 2 aromatic carbocycles. The molecular formula is C20H22N2O. The van der Waals surface area contributed by atoms with Crippen LogP contribution in [0.25, 0.3) is 0 Å². The molecule has 23 heavy (non-hydrogen) atoms. The van der Waals surface area contributed by atoms with Crippen molar-refractivity contribution in [1.82, 2.24) is 4.90 Å². The van der Waals surface area contributed by atoms with E-state index < -0.39 is 5.60 Å². The Balaban J connectivity index is 1.97. The van der Waals surface area contributed by atoms with Gasteiger partial charge in [-0.1, -0.05) is 60.4 Å². The lowest BCUT2D eigenvalue weighted by Gasteiger charge is -2.25. The molecule has 0 amide bonds. The van der Waals surface area contributed by atoms with Crippen LogP contribution in [0.15, 0.2) is 54.6 Å². The van der Waals surface area contributed by atoms with Crippen molar-refractivity contribution in [3.05, 3.63) is 65.7 Å². The lowest BCUT2D eigenvalue weighted by Crippen LogP contribution is -2.27. The largest absolute Gasteiger partial charge is 0.398 e. The molecule has 3 N–H and O–H groups in total. The summed E-state index contributed by atoms with van der Waals surface area (Å²) in [6.45, 7) is 2.86. The molecule has 0 saturated carbocycles. The van der Waals surface area contributed by atoms with Crippen LogP contribution < -0.4 is 5.73 Å². The van der Waals surface area contributed by atoms with Crippen molar-refractivity contribution >= 4 is 5.69 Å². The van der Waals surface area contributed by atoms with Crippen LogP contribution in [0.4, 0.5) is 5.69 Å². The number of likely N-dealkylation sites (tertiary alicyclic amines) is 1. The lowest BCUT2D eigenvalue weighted by molar-refractivity contribution is 0.146. The number of rotatable bonds is 3. The zero-order valence-corrected chi connectivity index (χ0v) is 13.2. The maximum atomic E-state index is 11.3. The third-order valence-corrected chi connectivity index (χ3v) is 4.31. The fraction of sp³-hybridized carbons (Fsp3) is 0.300. The van der Waals surface area contributed by atoms with E-state index >= 15 is 0 Å². The number of aliphatic hydroxyl groups is 1. The molecule has 2 aromatic rings. The van der Waals surface area contributed by atoms with Crippen molar-refractivity contribution in [3.8, 4) is 11.8 Å². The summed E-state index contributed by atoms with van der Waals surface area (Å²) in [5.74, 6) is 6.24. The molecule has 1 aliphatic rings. The summed E-state index contributed by atoms with van der Waals surface area (Å²) in [6, 6.07) is 16.9. The molecule has 0 aliphatic carbocycles. The fourth-order valence-corrected chi connectivity index (χ4v) is 3.02. The first-order chi connectivity index (χ1) is 11.2. The number of hydrogen-bond acceptors (Lipinski definition) is 3. The van der Waals surface area contributed by atoms with Crippen molar-refractivity contribution < 1.29 is 5.11 Å². The van der Waals surface area contributed by atoms with E-state index in [4.69, 9.17) is 5.73 Å². The van der Waals surface area contributed by atoms with Gasteiger partial charge >= 0.3 is 0 Å². The van der Waals surface area contributed by atoms with Gasteiger partial charge in [0.2, 0.25) is 0 Å². The topological polar surface area (TPSA) is 49.5 Å². The highest BCUT2D eigenvalue weighted by Gasteiger charge is 2.31. The predicted octanol–water partition coefficient (Wildman–Crippen LogP) is 2.60. The number of hydrogen-bond donors (Lipinski definition) is 2. The van der Waals surface area contributed by atoms with E-state index in [1.54, 1.807) is 6.07 Å². The van der Waals surface area contributed by atoms with E-state index in [0.29, 0.717) is 17.8 Å². The Bertz CT molecular complexity index is 711. The summed E-state index contributed by atoms with van der Waals surface area (Å²) in [5, 5.41) is 11.3. The SMILES string of the molecule is Nc1ccccc1C(O)(C#CCN1CCCC1)c1ccccc1. The summed E-state index contributed by atoms with van der Waals surface area (Å²) in [6.07, 6.45) is 2.46. The van der Waals surface area contributed by atoms with Crippen molar-refractivity contribution in [2.45, 2.75) is 18.4 Å². The molecule has 1 aliphatic heterocycles. The van der Waals surface area contributed by atoms with Gasteiger partial charge in [0.25, 0.3) is 0 Å². The summed E-state index contributed by atoms with van der Waals surface area (Å²) in [7, 11) is 0. The standard InChI is InChI=1S/C20H22N2O/c21-19-12-5-4-11-18(19)20(23,17-9-2-1-3-10-17)13-8-16-22-14-6-7-15-22/h1-5,9-12,23H,6-7,14-16,21H2. The van der Waals surface area contributed by atoms with E-state index in [9.17, 15) is 5.11 Å². The van der Waals surface area contributed by atoms with Gasteiger partial charge in [-0.15, -0.1) is 0 Å². The van der Waals surface area contributed by atoms with Gasteiger partial charge in [-0.2, -0.15) is 0 Å². The van der Waals surface area contributed by atoms with Gasteiger partial charge in [-0.05, 0) is 32.0 Å². The quantitative estimate of drug-likeness (QED) is 0.677. The smallest absolute Gasteiger partial charge is 0.178 e. The second-order valence-corrected chi connectivity index (χ2v) is 5.95. The zero-order valence-electron chi connectivity index (χ0n) is 13.2. The molecule has 1 unspecified atom stereocenters. The Morgan fingerprint density at radius 1 is 1.00 bits per heavy atom. The molecule has 1 fully saturated rings. The minimum Gasteiger partial charge on any atom is -0.398 e. The summed E-state index contributed by atoms with van der Waals surface area (Å²) < 4.78 is 0. The van der Waals surface area contributed by atoms with E-state index in [0.717, 1.165) is 18.7 Å². The van der Waals surface area contributed by atoms with Crippen molar-refractivity contribution in [1.29, 1.82) is 0 Å². The van der Waals surface area contributed by atoms with Crippen LogP contribution in [-0.4, -0.2) is 29.6 Å². The second-order valence-electron chi connectivity index (χ2n) is 5.95. The predicted molar refractivity (Wildman–Crippen MR) is 93.7 cm³/mol. The highest BCUT2D eigenvalue weighted by molar-refractivity contribution is 5.57. The molecule has 118 valence electrons. The Morgan fingerprint density at radius 2 is 1.65 bits per heavy atom. The molecule has 0 aromatic heterocycles. The molecule has 0 bridgehead atoms. The summed E-state index contributed by atoms with van der Waals surface area (Å²) >= 11 is 0. The third-order valence-electron chi connectivity index (χ3n) is 4.31. The molecule has 1 atom stereocenters. The minimum absolute atomic E-state index is 0.550. The minimum atomic E-state index is -1.38. The Labute approximate surface area is 137 Å². The zero-order chi connectivity index (χ0) is 16.1. The normalized spacial score (nSPS) is 17.3. The van der Waals surface area contributed by atoms with Crippen molar-refractivity contribution in [2.75, 3.05) is 25.4 Å². The Morgan fingerprint density at radius 3 is 2.35 bits per heavy atom. The highest BCUT2D eigenvalue weighted by Crippen LogP contribution is 2.32. The van der Waals surface area contributed by atoms with Gasteiger partial charge in [-0.3, -0.25) is 4.90 Å². The molecule has 1 heterocycles. The van der Waals surface area contributed by atoms with Gasteiger partial charge in [0.15, 0.2) is 5.60 Å². The number of nitrogen functional groups attached to an aromatic ring is 1. The maximum Gasteiger partial charge on any atom is 0.178 e. The molecule has 0 radical (unpaired) electrons. The van der Waals surface area contributed by atoms with E-state index in [2.05, 4.69) is 16.7 Å². The number of nitrogens with zero attached hydrogens (tertiary/aromatic N) is 1. The first-order valence-corrected chi connectivity index (χ1v) is 8.05. The molecule has 0 spiro atoms. The molecule has 3 nitrogen and oxygen atoms in total. The summed E-state index contributed by atoms with van der Waals surface area (Å²) in [5.41, 5.74) is 6.65.